The molecule has 0 spiro atoms. The smallest absolute Gasteiger partial charge is 0.263 e. The highest BCUT2D eigenvalue weighted by atomic mass is 32.1. The van der Waals surface area contributed by atoms with Gasteiger partial charge in [0.2, 0.25) is 0 Å². The molecule has 1 unspecified atom stereocenters. The molecule has 0 aromatic heterocycles. The summed E-state index contributed by atoms with van der Waals surface area (Å²) in [6.45, 7) is 11.4. The van der Waals surface area contributed by atoms with E-state index in [1.165, 1.54) is 17.5 Å². The summed E-state index contributed by atoms with van der Waals surface area (Å²) in [5.74, 6) is 0.726. The fourth-order valence-electron chi connectivity index (χ4n) is 3.12. The number of hydrogen-bond donors (Lipinski definition) is 3. The first-order valence-corrected chi connectivity index (χ1v) is 10.6. The van der Waals surface area contributed by atoms with Gasteiger partial charge in [0.1, 0.15) is 11.9 Å². The Balaban J connectivity index is 2.01. The zero-order valence-electron chi connectivity index (χ0n) is 18.9. The van der Waals surface area contributed by atoms with Crippen molar-refractivity contribution >= 4 is 23.7 Å². The number of nitrogens with zero attached hydrogens (tertiary/aromatic N) is 1. The number of hydrogen-bond acceptors (Lipinski definition) is 4. The zero-order valence-corrected chi connectivity index (χ0v) is 19.7. The predicted octanol–water partition coefficient (Wildman–Crippen LogP) is 4.59. The van der Waals surface area contributed by atoms with Crippen molar-refractivity contribution in [2.75, 3.05) is 13.6 Å². The van der Waals surface area contributed by atoms with Crippen LogP contribution < -0.4 is 15.8 Å². The molecule has 1 atom stereocenters. The van der Waals surface area contributed by atoms with E-state index in [1.807, 2.05) is 37.1 Å². The molecule has 0 fully saturated rings. The minimum absolute atomic E-state index is 0.102. The highest BCUT2D eigenvalue weighted by Crippen LogP contribution is 2.25. The SMILES string of the molecule is Cc1cc(OC(=S)NC(N)c2ccc(C(C)(C)C)cc2)c(C)cc1CCN(C)C=N. The number of thiocarbonyl (C=S) groups is 1. The van der Waals surface area contributed by atoms with Gasteiger partial charge in [0.15, 0.2) is 0 Å². The molecule has 5 nitrogen and oxygen atoms in total. The summed E-state index contributed by atoms with van der Waals surface area (Å²) >= 11 is 5.39. The summed E-state index contributed by atoms with van der Waals surface area (Å²) in [4.78, 5) is 1.85. The number of rotatable bonds is 7. The van der Waals surface area contributed by atoms with Gasteiger partial charge in [-0.3, -0.25) is 5.41 Å². The lowest BCUT2D eigenvalue weighted by Crippen LogP contribution is -2.36. The fourth-order valence-corrected chi connectivity index (χ4v) is 3.34. The van der Waals surface area contributed by atoms with E-state index in [0.29, 0.717) is 0 Å². The maximum Gasteiger partial charge on any atom is 0.263 e. The van der Waals surface area contributed by atoms with Gasteiger partial charge < -0.3 is 20.7 Å². The van der Waals surface area contributed by atoms with Gasteiger partial charge >= 0.3 is 0 Å². The van der Waals surface area contributed by atoms with Crippen LogP contribution in [0.25, 0.3) is 0 Å². The second kappa shape index (κ2) is 10.0. The molecule has 30 heavy (non-hydrogen) atoms. The Morgan fingerprint density at radius 3 is 2.40 bits per heavy atom. The van der Waals surface area contributed by atoms with E-state index in [2.05, 4.69) is 51.2 Å². The predicted molar refractivity (Wildman–Crippen MR) is 129 cm³/mol. The maximum atomic E-state index is 7.29. The summed E-state index contributed by atoms with van der Waals surface area (Å²) in [5.41, 5.74) is 12.0. The Morgan fingerprint density at radius 1 is 1.20 bits per heavy atom. The van der Waals surface area contributed by atoms with Crippen LogP contribution in [0.1, 0.15) is 54.8 Å². The van der Waals surface area contributed by atoms with Crippen molar-refractivity contribution in [2.24, 2.45) is 5.73 Å². The first kappa shape index (κ1) is 23.8. The van der Waals surface area contributed by atoms with Crippen LogP contribution in [0, 0.1) is 19.3 Å². The van der Waals surface area contributed by atoms with E-state index in [1.54, 1.807) is 0 Å². The Kier molecular flexibility index (Phi) is 7.98. The molecule has 0 saturated carbocycles. The van der Waals surface area contributed by atoms with Crippen molar-refractivity contribution in [1.29, 1.82) is 5.41 Å². The standard InChI is InChI=1S/C24H34N4OS/c1-16-14-21(17(2)13-19(16)11-12-28(6)15-25)29-23(30)27-22(26)18-7-9-20(10-8-18)24(3,4)5/h7-10,13-15,22,25H,11-12,26H2,1-6H3,(H,27,30). The number of nitrogens with two attached hydrogens (primary N) is 1. The molecule has 0 heterocycles. The molecule has 0 aliphatic heterocycles. The van der Waals surface area contributed by atoms with Gasteiger partial charge in [-0.25, -0.2) is 0 Å². The molecule has 2 aromatic carbocycles. The molecule has 2 rings (SSSR count). The van der Waals surface area contributed by atoms with E-state index in [9.17, 15) is 0 Å². The second-order valence-electron chi connectivity index (χ2n) is 8.79. The third-order valence-electron chi connectivity index (χ3n) is 5.20. The minimum Gasteiger partial charge on any atom is -0.432 e. The Bertz CT molecular complexity index is 887. The number of likely N-dealkylation sites (N-methyl/N-ethyl adjacent to an activating group) is 1. The van der Waals surface area contributed by atoms with Crippen LogP contribution in [0.5, 0.6) is 5.75 Å². The molecule has 162 valence electrons. The molecule has 0 saturated heterocycles. The fraction of sp³-hybridized carbons (Fsp3) is 0.417. The molecule has 0 aliphatic rings. The van der Waals surface area contributed by atoms with E-state index in [4.69, 9.17) is 28.1 Å². The molecular formula is C24H34N4OS. The lowest BCUT2D eigenvalue weighted by atomic mass is 9.86. The maximum absolute atomic E-state index is 7.29. The molecule has 0 amide bonds. The average Bonchev–Trinajstić information content (AvgIpc) is 2.68. The van der Waals surface area contributed by atoms with E-state index >= 15 is 0 Å². The van der Waals surface area contributed by atoms with Gasteiger partial charge in [-0.2, -0.15) is 0 Å². The third-order valence-corrected chi connectivity index (χ3v) is 5.40. The van der Waals surface area contributed by atoms with Crippen LogP contribution in [0.2, 0.25) is 0 Å². The lowest BCUT2D eigenvalue weighted by molar-refractivity contribution is 0.502. The highest BCUT2D eigenvalue weighted by Gasteiger charge is 2.15. The van der Waals surface area contributed by atoms with E-state index in [-0.39, 0.29) is 10.6 Å². The van der Waals surface area contributed by atoms with Crippen LogP contribution in [-0.2, 0) is 11.8 Å². The van der Waals surface area contributed by atoms with Crippen molar-refractivity contribution in [3.8, 4) is 5.75 Å². The average molecular weight is 427 g/mol. The number of aryl methyl sites for hydroxylation is 2. The summed E-state index contributed by atoms with van der Waals surface area (Å²) in [7, 11) is 1.90. The Morgan fingerprint density at radius 2 is 1.83 bits per heavy atom. The van der Waals surface area contributed by atoms with Gasteiger partial charge in [-0.15, -0.1) is 0 Å². The van der Waals surface area contributed by atoms with Gasteiger partial charge in [-0.05, 0) is 71.8 Å². The third kappa shape index (κ3) is 6.54. The summed E-state index contributed by atoms with van der Waals surface area (Å²) in [6.07, 6.45) is 1.77. The van der Waals surface area contributed by atoms with Gasteiger partial charge in [-0.1, -0.05) is 51.1 Å². The molecule has 0 bridgehead atoms. The number of nitrogens with one attached hydrogen (secondary N) is 2. The van der Waals surface area contributed by atoms with Gasteiger partial charge in [0.05, 0.1) is 6.34 Å². The minimum atomic E-state index is -0.441. The van der Waals surface area contributed by atoms with Crippen LogP contribution in [0.4, 0.5) is 0 Å². The lowest BCUT2D eigenvalue weighted by Gasteiger charge is -2.21. The van der Waals surface area contributed by atoms with Crippen molar-refractivity contribution < 1.29 is 4.74 Å². The number of ether oxygens (including phenoxy) is 1. The second-order valence-corrected chi connectivity index (χ2v) is 9.16. The molecule has 4 N–H and O–H groups in total. The monoisotopic (exact) mass is 426 g/mol. The van der Waals surface area contributed by atoms with Crippen LogP contribution in [-0.4, -0.2) is 30.0 Å². The van der Waals surface area contributed by atoms with Crippen molar-refractivity contribution in [2.45, 2.75) is 52.6 Å². The van der Waals surface area contributed by atoms with Crippen LogP contribution >= 0.6 is 12.2 Å². The quantitative estimate of drug-likeness (QED) is 0.261. The first-order valence-electron chi connectivity index (χ1n) is 10.2. The zero-order chi connectivity index (χ0) is 22.5. The van der Waals surface area contributed by atoms with Crippen molar-refractivity contribution in [3.05, 3.63) is 64.2 Å². The summed E-state index contributed by atoms with van der Waals surface area (Å²) < 4.78 is 5.89. The summed E-state index contributed by atoms with van der Waals surface area (Å²) in [5, 5.41) is 10.6. The molecule has 0 aliphatic carbocycles. The van der Waals surface area contributed by atoms with Crippen LogP contribution in [0.15, 0.2) is 36.4 Å². The van der Waals surface area contributed by atoms with Crippen molar-refractivity contribution in [3.63, 3.8) is 0 Å². The van der Waals surface area contributed by atoms with Gasteiger partial charge in [0, 0.05) is 13.6 Å². The topological polar surface area (TPSA) is 74.4 Å². The molecular weight excluding hydrogens is 392 g/mol. The first-order chi connectivity index (χ1) is 14.0. The van der Waals surface area contributed by atoms with Gasteiger partial charge in [0.25, 0.3) is 5.17 Å². The van der Waals surface area contributed by atoms with E-state index in [0.717, 1.165) is 35.4 Å². The molecule has 0 radical (unpaired) electrons. The highest BCUT2D eigenvalue weighted by molar-refractivity contribution is 7.80. The Labute approximate surface area is 186 Å². The number of benzene rings is 2. The molecule has 2 aromatic rings. The normalized spacial score (nSPS) is 12.2. The largest absolute Gasteiger partial charge is 0.432 e. The molecule has 6 heteroatoms. The summed E-state index contributed by atoms with van der Waals surface area (Å²) in [6, 6.07) is 12.4. The van der Waals surface area contributed by atoms with E-state index < -0.39 is 6.17 Å². The van der Waals surface area contributed by atoms with Crippen molar-refractivity contribution in [1.82, 2.24) is 10.2 Å². The van der Waals surface area contributed by atoms with Crippen LogP contribution in [0.3, 0.4) is 0 Å². The Hall–Kier alpha value is -2.44.